The minimum absolute atomic E-state index is 0.0662. The van der Waals surface area contributed by atoms with Gasteiger partial charge in [-0.3, -0.25) is 9.69 Å². The summed E-state index contributed by atoms with van der Waals surface area (Å²) in [5, 5.41) is 6.70. The molecular weight excluding hydrogens is 414 g/mol. The van der Waals surface area contributed by atoms with Crippen molar-refractivity contribution in [3.05, 3.63) is 59.7 Å². The van der Waals surface area contributed by atoms with Gasteiger partial charge in [-0.15, -0.1) is 0 Å². The van der Waals surface area contributed by atoms with E-state index >= 15 is 0 Å². The first-order valence-electron chi connectivity index (χ1n) is 12.3. The highest BCUT2D eigenvalue weighted by Gasteiger charge is 2.23. The van der Waals surface area contributed by atoms with Gasteiger partial charge in [0.1, 0.15) is 0 Å². The molecule has 2 aromatic rings. The molecule has 2 aliphatic rings. The summed E-state index contributed by atoms with van der Waals surface area (Å²) in [7, 11) is 0. The van der Waals surface area contributed by atoms with Crippen molar-refractivity contribution in [2.45, 2.75) is 51.7 Å². The van der Waals surface area contributed by atoms with Crippen molar-refractivity contribution in [1.29, 1.82) is 0 Å². The summed E-state index contributed by atoms with van der Waals surface area (Å²) in [6.07, 6.45) is 2.88. The number of nitrogens with one attached hydrogen (secondary N) is 2. The molecule has 4 rings (SSSR count). The molecule has 0 saturated carbocycles. The summed E-state index contributed by atoms with van der Waals surface area (Å²) in [6.45, 7) is 9.00. The average Bonchev–Trinajstić information content (AvgIpc) is 3.06. The Hall–Kier alpha value is -2.57. The molecule has 0 spiro atoms. The number of benzene rings is 2. The molecule has 2 heterocycles. The number of nitrogens with zero attached hydrogens (tertiary/aromatic N) is 1. The van der Waals surface area contributed by atoms with Crippen molar-refractivity contribution < 1.29 is 14.3 Å². The second-order valence-corrected chi connectivity index (χ2v) is 9.46. The van der Waals surface area contributed by atoms with Crippen LogP contribution >= 0.6 is 0 Å². The number of hydrogen-bond acceptors (Lipinski definition) is 5. The van der Waals surface area contributed by atoms with Crippen LogP contribution in [-0.2, 0) is 11.3 Å². The number of piperidine rings is 1. The summed E-state index contributed by atoms with van der Waals surface area (Å²) < 4.78 is 11.6. The summed E-state index contributed by atoms with van der Waals surface area (Å²) in [6, 6.07) is 17.0. The Bertz CT molecular complexity index is 895. The smallest absolute Gasteiger partial charge is 0.234 e. The highest BCUT2D eigenvalue weighted by Crippen LogP contribution is 2.34. The maximum atomic E-state index is 12.7. The van der Waals surface area contributed by atoms with Crippen molar-refractivity contribution in [1.82, 2.24) is 15.5 Å². The minimum atomic E-state index is 0.0662. The highest BCUT2D eigenvalue weighted by molar-refractivity contribution is 5.78. The fourth-order valence-electron chi connectivity index (χ4n) is 4.67. The largest absolute Gasteiger partial charge is 0.490 e. The lowest BCUT2D eigenvalue weighted by Crippen LogP contribution is -2.47. The molecule has 6 heteroatoms. The highest BCUT2D eigenvalue weighted by atomic mass is 16.5. The SMILES string of the molecule is CC(C)C(NCC(=O)NC1CCN(Cc2ccccc2)CC1)c1ccc2c(c1)OCCCO2. The average molecular weight is 452 g/mol. The summed E-state index contributed by atoms with van der Waals surface area (Å²) >= 11 is 0. The zero-order valence-electron chi connectivity index (χ0n) is 19.9. The van der Waals surface area contributed by atoms with E-state index in [0.29, 0.717) is 25.7 Å². The van der Waals surface area contributed by atoms with E-state index in [-0.39, 0.29) is 18.0 Å². The fourth-order valence-corrected chi connectivity index (χ4v) is 4.67. The number of hydrogen-bond donors (Lipinski definition) is 2. The Kier molecular flexibility index (Phi) is 8.24. The molecule has 33 heavy (non-hydrogen) atoms. The van der Waals surface area contributed by atoms with Gasteiger partial charge in [0.05, 0.1) is 19.8 Å². The lowest BCUT2D eigenvalue weighted by molar-refractivity contribution is -0.121. The van der Waals surface area contributed by atoms with Crippen LogP contribution in [0.4, 0.5) is 0 Å². The van der Waals surface area contributed by atoms with E-state index in [1.54, 1.807) is 0 Å². The van der Waals surface area contributed by atoms with Crippen LogP contribution in [0, 0.1) is 5.92 Å². The van der Waals surface area contributed by atoms with Gasteiger partial charge in [-0.05, 0) is 42.0 Å². The van der Waals surface area contributed by atoms with Crippen LogP contribution in [-0.4, -0.2) is 49.7 Å². The Morgan fingerprint density at radius 3 is 2.48 bits per heavy atom. The molecule has 2 aromatic carbocycles. The minimum Gasteiger partial charge on any atom is -0.490 e. The third kappa shape index (κ3) is 6.71. The zero-order chi connectivity index (χ0) is 23.0. The third-order valence-corrected chi connectivity index (χ3v) is 6.48. The number of likely N-dealkylation sites (tertiary alicyclic amines) is 1. The first-order chi connectivity index (χ1) is 16.1. The maximum Gasteiger partial charge on any atom is 0.234 e. The molecule has 1 fully saturated rings. The second kappa shape index (κ2) is 11.5. The quantitative estimate of drug-likeness (QED) is 0.637. The first kappa shape index (κ1) is 23.6. The van der Waals surface area contributed by atoms with Gasteiger partial charge in [0.25, 0.3) is 0 Å². The molecule has 0 aromatic heterocycles. The normalized spacial score (nSPS) is 18.0. The Morgan fingerprint density at radius 2 is 1.76 bits per heavy atom. The summed E-state index contributed by atoms with van der Waals surface area (Å²) in [5.41, 5.74) is 2.47. The number of ether oxygens (including phenoxy) is 2. The van der Waals surface area contributed by atoms with E-state index in [9.17, 15) is 4.79 Å². The number of amides is 1. The number of fused-ring (bicyclic) bond motifs is 1. The number of carbonyl (C=O) groups excluding carboxylic acids is 1. The van der Waals surface area contributed by atoms with E-state index in [0.717, 1.165) is 56.0 Å². The maximum absolute atomic E-state index is 12.7. The molecule has 2 N–H and O–H groups in total. The molecule has 6 nitrogen and oxygen atoms in total. The van der Waals surface area contributed by atoms with Gasteiger partial charge in [0.2, 0.25) is 5.91 Å². The molecule has 1 atom stereocenters. The Balaban J connectivity index is 1.25. The fraction of sp³-hybridized carbons (Fsp3) is 0.519. The van der Waals surface area contributed by atoms with Crippen LogP contribution in [0.1, 0.15) is 50.3 Å². The van der Waals surface area contributed by atoms with Gasteiger partial charge in [0.15, 0.2) is 11.5 Å². The van der Waals surface area contributed by atoms with Crippen molar-refractivity contribution >= 4 is 5.91 Å². The van der Waals surface area contributed by atoms with Gasteiger partial charge >= 0.3 is 0 Å². The van der Waals surface area contributed by atoms with E-state index in [1.165, 1.54) is 5.56 Å². The Morgan fingerprint density at radius 1 is 1.03 bits per heavy atom. The number of carbonyl (C=O) groups is 1. The first-order valence-corrected chi connectivity index (χ1v) is 12.3. The van der Waals surface area contributed by atoms with E-state index < -0.39 is 0 Å². The van der Waals surface area contributed by atoms with Crippen LogP contribution in [0.5, 0.6) is 11.5 Å². The second-order valence-electron chi connectivity index (χ2n) is 9.46. The van der Waals surface area contributed by atoms with E-state index in [2.05, 4.69) is 71.8 Å². The predicted molar refractivity (Wildman–Crippen MR) is 131 cm³/mol. The molecule has 1 unspecified atom stereocenters. The van der Waals surface area contributed by atoms with E-state index in [4.69, 9.17) is 9.47 Å². The predicted octanol–water partition coefficient (Wildman–Crippen LogP) is 3.92. The van der Waals surface area contributed by atoms with Gasteiger partial charge in [-0.25, -0.2) is 0 Å². The molecule has 2 aliphatic heterocycles. The standard InChI is InChI=1S/C27H37N3O3/c1-20(2)27(22-9-10-24-25(17-22)33-16-6-15-32-24)28-18-26(31)29-23-11-13-30(14-12-23)19-21-7-4-3-5-8-21/h3-5,7-10,17,20,23,27-28H,6,11-16,18-19H2,1-2H3,(H,29,31). The van der Waals surface area contributed by atoms with Crippen LogP contribution in [0.2, 0.25) is 0 Å². The van der Waals surface area contributed by atoms with Gasteiger partial charge in [0, 0.05) is 38.1 Å². The molecule has 1 saturated heterocycles. The van der Waals surface area contributed by atoms with Crippen LogP contribution in [0.25, 0.3) is 0 Å². The van der Waals surface area contributed by atoms with Crippen molar-refractivity contribution in [2.75, 3.05) is 32.8 Å². The Labute approximate surface area is 197 Å². The summed E-state index contributed by atoms with van der Waals surface area (Å²) in [4.78, 5) is 15.2. The third-order valence-electron chi connectivity index (χ3n) is 6.48. The van der Waals surface area contributed by atoms with Crippen molar-refractivity contribution in [3.8, 4) is 11.5 Å². The van der Waals surface area contributed by atoms with Crippen LogP contribution in [0.3, 0.4) is 0 Å². The van der Waals surface area contributed by atoms with Crippen LogP contribution in [0.15, 0.2) is 48.5 Å². The monoisotopic (exact) mass is 451 g/mol. The van der Waals surface area contributed by atoms with Gasteiger partial charge in [-0.2, -0.15) is 0 Å². The number of rotatable bonds is 8. The molecular formula is C27H37N3O3. The molecule has 0 aliphatic carbocycles. The lowest BCUT2D eigenvalue weighted by atomic mass is 9.95. The lowest BCUT2D eigenvalue weighted by Gasteiger charge is -2.32. The molecule has 0 radical (unpaired) electrons. The van der Waals surface area contributed by atoms with Crippen molar-refractivity contribution in [3.63, 3.8) is 0 Å². The molecule has 0 bridgehead atoms. The topological polar surface area (TPSA) is 62.8 Å². The molecule has 178 valence electrons. The van der Waals surface area contributed by atoms with Gasteiger partial charge in [-0.1, -0.05) is 50.2 Å². The molecule has 1 amide bonds. The van der Waals surface area contributed by atoms with E-state index in [1.807, 2.05) is 6.07 Å². The van der Waals surface area contributed by atoms with Crippen LogP contribution < -0.4 is 20.1 Å². The summed E-state index contributed by atoms with van der Waals surface area (Å²) in [5.74, 6) is 2.00. The zero-order valence-corrected chi connectivity index (χ0v) is 19.9. The van der Waals surface area contributed by atoms with Gasteiger partial charge < -0.3 is 20.1 Å². The van der Waals surface area contributed by atoms with Crippen molar-refractivity contribution in [2.24, 2.45) is 5.92 Å².